The lowest BCUT2D eigenvalue weighted by molar-refractivity contribution is -0.149. The van der Waals surface area contributed by atoms with Crippen molar-refractivity contribution in [3.8, 4) is 0 Å². The van der Waals surface area contributed by atoms with E-state index in [9.17, 15) is 4.79 Å². The molecule has 0 aliphatic carbocycles. The molecule has 0 bridgehead atoms. The van der Waals surface area contributed by atoms with Crippen LogP contribution in [0.25, 0.3) is 0 Å². The summed E-state index contributed by atoms with van der Waals surface area (Å²) >= 11 is 0. The Hall–Kier alpha value is -0.570. The molecule has 0 aromatic carbocycles. The first-order valence-electron chi connectivity index (χ1n) is 4.96. The average Bonchev–Trinajstić information content (AvgIpc) is 2.04. The predicted molar refractivity (Wildman–Crippen MR) is 51.5 cm³/mol. The minimum absolute atomic E-state index is 0.00435. The van der Waals surface area contributed by atoms with E-state index in [1.54, 1.807) is 0 Å². The van der Waals surface area contributed by atoms with Crippen molar-refractivity contribution in [2.24, 2.45) is 0 Å². The Balaban J connectivity index is 2.61. The van der Waals surface area contributed by atoms with Crippen LogP contribution in [0.1, 0.15) is 33.6 Å². The Morgan fingerprint density at radius 2 is 2.23 bits per heavy atom. The van der Waals surface area contributed by atoms with Crippen LogP contribution in [0.5, 0.6) is 0 Å². The van der Waals surface area contributed by atoms with Gasteiger partial charge in [-0.3, -0.25) is 4.79 Å². The molecule has 0 aromatic rings. The molecule has 1 aliphatic heterocycles. The van der Waals surface area contributed by atoms with Gasteiger partial charge in [-0.05, 0) is 20.3 Å². The number of ether oxygens (including phenoxy) is 1. The van der Waals surface area contributed by atoms with Crippen LogP contribution in [0.15, 0.2) is 0 Å². The molecule has 1 fully saturated rings. The summed E-state index contributed by atoms with van der Waals surface area (Å²) in [5, 5.41) is 0. The summed E-state index contributed by atoms with van der Waals surface area (Å²) in [6.07, 6.45) is 2.16. The molecular weight excluding hydrogens is 166 g/mol. The van der Waals surface area contributed by atoms with Gasteiger partial charge < -0.3 is 9.64 Å². The summed E-state index contributed by atoms with van der Waals surface area (Å²) in [7, 11) is 0. The van der Waals surface area contributed by atoms with Gasteiger partial charge in [-0.15, -0.1) is 0 Å². The van der Waals surface area contributed by atoms with Gasteiger partial charge in [-0.2, -0.15) is 0 Å². The van der Waals surface area contributed by atoms with Crippen LogP contribution in [0, 0.1) is 0 Å². The van der Waals surface area contributed by atoms with Crippen molar-refractivity contribution in [3.63, 3.8) is 0 Å². The van der Waals surface area contributed by atoms with E-state index in [2.05, 4.69) is 20.8 Å². The molecular formula is C10H19NO2. The maximum atomic E-state index is 11.5. The third-order valence-electron chi connectivity index (χ3n) is 2.58. The average molecular weight is 185 g/mol. The molecule has 1 saturated heterocycles. The van der Waals surface area contributed by atoms with Crippen molar-refractivity contribution >= 4 is 5.91 Å². The first-order valence-corrected chi connectivity index (χ1v) is 4.96. The molecule has 3 nitrogen and oxygen atoms in total. The van der Waals surface area contributed by atoms with Crippen LogP contribution < -0.4 is 0 Å². The maximum Gasteiger partial charge on any atom is 0.249 e. The SMILES string of the molecule is CCCC(C)(C)N1CCOCC1=O. The van der Waals surface area contributed by atoms with Crippen molar-refractivity contribution in [2.75, 3.05) is 19.8 Å². The molecule has 0 aromatic heterocycles. The molecule has 76 valence electrons. The van der Waals surface area contributed by atoms with E-state index < -0.39 is 0 Å². The number of morpholine rings is 1. The Labute approximate surface area is 80.1 Å². The number of rotatable bonds is 3. The second-order valence-electron chi connectivity index (χ2n) is 4.16. The normalized spacial score (nSPS) is 19.3. The quantitative estimate of drug-likeness (QED) is 0.665. The largest absolute Gasteiger partial charge is 0.370 e. The molecule has 13 heavy (non-hydrogen) atoms. The van der Waals surface area contributed by atoms with E-state index in [-0.39, 0.29) is 18.1 Å². The first-order chi connectivity index (χ1) is 6.08. The maximum absolute atomic E-state index is 11.5. The number of carbonyl (C=O) groups excluding carboxylic acids is 1. The summed E-state index contributed by atoms with van der Waals surface area (Å²) in [5.41, 5.74) is -0.00435. The van der Waals surface area contributed by atoms with E-state index in [0.29, 0.717) is 6.61 Å². The Bertz CT molecular complexity index is 189. The number of nitrogens with zero attached hydrogens (tertiary/aromatic N) is 1. The van der Waals surface area contributed by atoms with Crippen LogP contribution >= 0.6 is 0 Å². The van der Waals surface area contributed by atoms with Crippen molar-refractivity contribution in [3.05, 3.63) is 0 Å². The molecule has 0 saturated carbocycles. The molecule has 0 atom stereocenters. The van der Waals surface area contributed by atoms with E-state index in [1.807, 2.05) is 4.90 Å². The van der Waals surface area contributed by atoms with Crippen LogP contribution in [0.3, 0.4) is 0 Å². The molecule has 1 aliphatic rings. The first kappa shape index (κ1) is 10.5. The molecule has 1 rings (SSSR count). The smallest absolute Gasteiger partial charge is 0.249 e. The van der Waals surface area contributed by atoms with E-state index in [4.69, 9.17) is 4.74 Å². The topological polar surface area (TPSA) is 29.5 Å². The number of hydrogen-bond donors (Lipinski definition) is 0. The summed E-state index contributed by atoms with van der Waals surface area (Å²) < 4.78 is 5.09. The highest BCUT2D eigenvalue weighted by Crippen LogP contribution is 2.22. The van der Waals surface area contributed by atoms with Gasteiger partial charge in [0.1, 0.15) is 6.61 Å². The van der Waals surface area contributed by atoms with Gasteiger partial charge in [0.05, 0.1) is 6.61 Å². The number of amides is 1. The summed E-state index contributed by atoms with van der Waals surface area (Å²) in [4.78, 5) is 13.5. The monoisotopic (exact) mass is 185 g/mol. The fourth-order valence-corrected chi connectivity index (χ4v) is 1.90. The number of hydrogen-bond acceptors (Lipinski definition) is 2. The highest BCUT2D eigenvalue weighted by Gasteiger charge is 2.31. The zero-order valence-electron chi connectivity index (χ0n) is 8.80. The van der Waals surface area contributed by atoms with Gasteiger partial charge >= 0.3 is 0 Å². The molecule has 1 heterocycles. The van der Waals surface area contributed by atoms with E-state index >= 15 is 0 Å². The van der Waals surface area contributed by atoms with Crippen molar-refractivity contribution in [2.45, 2.75) is 39.2 Å². The molecule has 0 spiro atoms. The Kier molecular flexibility index (Phi) is 3.31. The lowest BCUT2D eigenvalue weighted by Gasteiger charge is -2.40. The van der Waals surface area contributed by atoms with Crippen LogP contribution in [-0.4, -0.2) is 36.1 Å². The molecule has 0 radical (unpaired) electrons. The van der Waals surface area contributed by atoms with Crippen LogP contribution in [0.4, 0.5) is 0 Å². The standard InChI is InChI=1S/C10H19NO2/c1-4-5-10(2,3)11-6-7-13-8-9(11)12/h4-8H2,1-3H3. The third kappa shape index (κ3) is 2.44. The zero-order chi connectivity index (χ0) is 9.90. The van der Waals surface area contributed by atoms with Gasteiger partial charge in [0.25, 0.3) is 0 Å². The van der Waals surface area contributed by atoms with Gasteiger partial charge in [0, 0.05) is 12.1 Å². The van der Waals surface area contributed by atoms with Gasteiger partial charge in [-0.1, -0.05) is 13.3 Å². The van der Waals surface area contributed by atoms with Gasteiger partial charge in [0.15, 0.2) is 0 Å². The fraction of sp³-hybridized carbons (Fsp3) is 0.900. The highest BCUT2D eigenvalue weighted by atomic mass is 16.5. The van der Waals surface area contributed by atoms with Crippen molar-refractivity contribution in [1.82, 2.24) is 4.90 Å². The second-order valence-corrected chi connectivity index (χ2v) is 4.16. The predicted octanol–water partition coefficient (Wildman–Crippen LogP) is 1.42. The molecule has 3 heteroatoms. The van der Waals surface area contributed by atoms with Crippen LogP contribution in [-0.2, 0) is 9.53 Å². The summed E-state index contributed by atoms with van der Waals surface area (Å²) in [6, 6.07) is 0. The zero-order valence-corrected chi connectivity index (χ0v) is 8.80. The van der Waals surface area contributed by atoms with Crippen LogP contribution in [0.2, 0.25) is 0 Å². The highest BCUT2D eigenvalue weighted by molar-refractivity contribution is 5.78. The summed E-state index contributed by atoms with van der Waals surface area (Å²) in [6.45, 7) is 8.07. The van der Waals surface area contributed by atoms with E-state index in [1.165, 1.54) is 0 Å². The Morgan fingerprint density at radius 3 is 2.77 bits per heavy atom. The number of carbonyl (C=O) groups is 1. The lowest BCUT2D eigenvalue weighted by Crippen LogP contribution is -2.53. The molecule has 0 N–H and O–H groups in total. The molecule has 1 amide bonds. The minimum atomic E-state index is -0.00435. The van der Waals surface area contributed by atoms with E-state index in [0.717, 1.165) is 19.4 Å². The van der Waals surface area contributed by atoms with Gasteiger partial charge in [-0.25, -0.2) is 0 Å². The lowest BCUT2D eigenvalue weighted by atomic mass is 9.96. The molecule has 0 unspecified atom stereocenters. The minimum Gasteiger partial charge on any atom is -0.370 e. The van der Waals surface area contributed by atoms with Crippen molar-refractivity contribution < 1.29 is 9.53 Å². The van der Waals surface area contributed by atoms with Crippen molar-refractivity contribution in [1.29, 1.82) is 0 Å². The fourth-order valence-electron chi connectivity index (χ4n) is 1.90. The third-order valence-corrected chi connectivity index (χ3v) is 2.58. The second kappa shape index (κ2) is 4.09. The van der Waals surface area contributed by atoms with Gasteiger partial charge in [0.2, 0.25) is 5.91 Å². The Morgan fingerprint density at radius 1 is 1.54 bits per heavy atom. The summed E-state index contributed by atoms with van der Waals surface area (Å²) in [5.74, 6) is 0.129.